The Morgan fingerprint density at radius 3 is 2.71 bits per heavy atom. The standard InChI is InChI=1S/C29H34FN3O5/c1-19-16-33(20(2)18-34)29(36)25-14-22(8-7-21-5-4-6-24(30)13-21)15-31-27(25)38-26(19)17-32(3)28(35)23-9-11-37-12-10-23/h4-6,13-15,19-20,23,26,34H,9-12,16-18H2,1-3H3/t19-,20+,26-/m1/s1. The Morgan fingerprint density at radius 1 is 1.26 bits per heavy atom. The number of benzene rings is 1. The molecule has 0 radical (unpaired) electrons. The van der Waals surface area contributed by atoms with E-state index in [0.29, 0.717) is 50.3 Å². The summed E-state index contributed by atoms with van der Waals surface area (Å²) >= 11 is 0. The highest BCUT2D eigenvalue weighted by Gasteiger charge is 2.35. The number of amides is 2. The van der Waals surface area contributed by atoms with Crippen molar-refractivity contribution in [2.24, 2.45) is 11.8 Å². The van der Waals surface area contributed by atoms with Crippen molar-refractivity contribution in [2.75, 3.05) is 40.0 Å². The minimum atomic E-state index is -0.430. The highest BCUT2D eigenvalue weighted by atomic mass is 19.1. The van der Waals surface area contributed by atoms with Gasteiger partial charge in [-0.2, -0.15) is 0 Å². The van der Waals surface area contributed by atoms with Crippen LogP contribution < -0.4 is 4.74 Å². The fourth-order valence-corrected chi connectivity index (χ4v) is 4.72. The second kappa shape index (κ2) is 12.4. The van der Waals surface area contributed by atoms with E-state index in [-0.39, 0.29) is 47.5 Å². The van der Waals surface area contributed by atoms with Crippen molar-refractivity contribution in [3.8, 4) is 17.7 Å². The molecule has 4 rings (SSSR count). The molecule has 3 atom stereocenters. The van der Waals surface area contributed by atoms with E-state index in [9.17, 15) is 19.1 Å². The van der Waals surface area contributed by atoms with E-state index in [1.165, 1.54) is 18.3 Å². The quantitative estimate of drug-likeness (QED) is 0.606. The zero-order valence-electron chi connectivity index (χ0n) is 22.0. The molecule has 2 amide bonds. The molecule has 1 fully saturated rings. The SMILES string of the molecule is C[C@@H]1CN([C@@H](C)CO)C(=O)c2cc(C#Cc3cccc(F)c3)cnc2O[C@@H]1CN(C)C(=O)C1CCOCC1. The summed E-state index contributed by atoms with van der Waals surface area (Å²) in [5, 5.41) is 9.86. The Bertz CT molecular complexity index is 1220. The molecule has 3 heterocycles. The average Bonchev–Trinajstić information content (AvgIpc) is 2.93. The van der Waals surface area contributed by atoms with Crippen LogP contribution in [-0.2, 0) is 9.53 Å². The number of pyridine rings is 1. The first-order chi connectivity index (χ1) is 18.3. The maximum Gasteiger partial charge on any atom is 0.259 e. The summed E-state index contributed by atoms with van der Waals surface area (Å²) in [7, 11) is 1.77. The average molecular weight is 524 g/mol. The number of carbonyl (C=O) groups excluding carboxylic acids is 2. The number of nitrogens with zero attached hydrogens (tertiary/aromatic N) is 3. The Kier molecular flexibility index (Phi) is 8.97. The van der Waals surface area contributed by atoms with Crippen LogP contribution in [0.1, 0.15) is 48.2 Å². The predicted molar refractivity (Wildman–Crippen MR) is 139 cm³/mol. The summed E-state index contributed by atoms with van der Waals surface area (Å²) in [5.41, 5.74) is 1.20. The molecule has 38 heavy (non-hydrogen) atoms. The Hall–Kier alpha value is -3.48. The lowest BCUT2D eigenvalue weighted by molar-refractivity contribution is -0.138. The van der Waals surface area contributed by atoms with Crippen LogP contribution in [0, 0.1) is 29.5 Å². The molecule has 0 unspecified atom stereocenters. The Balaban J connectivity index is 1.62. The topological polar surface area (TPSA) is 92.2 Å². The van der Waals surface area contributed by atoms with Gasteiger partial charge in [0.2, 0.25) is 11.8 Å². The van der Waals surface area contributed by atoms with E-state index in [1.807, 2.05) is 6.92 Å². The van der Waals surface area contributed by atoms with Crippen molar-refractivity contribution in [3.05, 3.63) is 59.0 Å². The summed E-state index contributed by atoms with van der Waals surface area (Å²) in [5.74, 6) is 5.13. The lowest BCUT2D eigenvalue weighted by Crippen LogP contribution is -2.51. The van der Waals surface area contributed by atoms with Gasteiger partial charge in [0.25, 0.3) is 5.91 Å². The summed E-state index contributed by atoms with van der Waals surface area (Å²) in [6.45, 7) is 5.37. The van der Waals surface area contributed by atoms with Crippen molar-refractivity contribution in [1.29, 1.82) is 0 Å². The molecule has 202 valence electrons. The van der Waals surface area contributed by atoms with Crippen LogP contribution in [-0.4, -0.2) is 83.8 Å². The third-order valence-corrected chi connectivity index (χ3v) is 7.10. The lowest BCUT2D eigenvalue weighted by atomic mass is 9.97. The number of hydrogen-bond donors (Lipinski definition) is 1. The van der Waals surface area contributed by atoms with E-state index >= 15 is 0 Å². The van der Waals surface area contributed by atoms with Crippen molar-refractivity contribution < 1.29 is 28.6 Å². The fraction of sp³-hybridized carbons (Fsp3) is 0.483. The van der Waals surface area contributed by atoms with Crippen molar-refractivity contribution in [2.45, 2.75) is 38.8 Å². The number of fused-ring (bicyclic) bond motifs is 1. The number of aromatic nitrogens is 1. The number of likely N-dealkylation sites (N-methyl/N-ethyl adjacent to an activating group) is 1. The summed E-state index contributed by atoms with van der Waals surface area (Å²) in [4.78, 5) is 34.4. The maximum absolute atomic E-state index is 13.6. The smallest absolute Gasteiger partial charge is 0.259 e. The zero-order chi connectivity index (χ0) is 27.2. The van der Waals surface area contributed by atoms with Crippen LogP contribution in [0.15, 0.2) is 36.5 Å². The lowest BCUT2D eigenvalue weighted by Gasteiger charge is -2.38. The van der Waals surface area contributed by atoms with Crippen molar-refractivity contribution in [3.63, 3.8) is 0 Å². The molecule has 0 spiro atoms. The second-order valence-corrected chi connectivity index (χ2v) is 10.1. The minimum absolute atomic E-state index is 0.0546. The van der Waals surface area contributed by atoms with E-state index in [1.54, 1.807) is 42.0 Å². The minimum Gasteiger partial charge on any atom is -0.472 e. The molecule has 1 aromatic carbocycles. The molecule has 2 aliphatic heterocycles. The number of aliphatic hydroxyl groups is 1. The molecular formula is C29H34FN3O5. The Labute approximate surface area is 222 Å². The monoisotopic (exact) mass is 523 g/mol. The van der Waals surface area contributed by atoms with Gasteiger partial charge in [0.1, 0.15) is 17.5 Å². The first-order valence-electron chi connectivity index (χ1n) is 13.0. The van der Waals surface area contributed by atoms with Gasteiger partial charge in [-0.1, -0.05) is 24.8 Å². The number of carbonyl (C=O) groups is 2. The van der Waals surface area contributed by atoms with Gasteiger partial charge < -0.3 is 24.4 Å². The molecule has 1 N–H and O–H groups in total. The third kappa shape index (κ3) is 6.50. The first kappa shape index (κ1) is 27.6. The van der Waals surface area contributed by atoms with E-state index in [4.69, 9.17) is 9.47 Å². The molecular weight excluding hydrogens is 489 g/mol. The van der Waals surface area contributed by atoms with Crippen molar-refractivity contribution >= 4 is 11.8 Å². The summed E-state index contributed by atoms with van der Waals surface area (Å²) < 4.78 is 25.2. The first-order valence-corrected chi connectivity index (χ1v) is 13.0. The van der Waals surface area contributed by atoms with Gasteiger partial charge >= 0.3 is 0 Å². The number of rotatable bonds is 5. The summed E-state index contributed by atoms with van der Waals surface area (Å²) in [6, 6.07) is 7.13. The van der Waals surface area contributed by atoms with E-state index in [2.05, 4.69) is 16.8 Å². The Morgan fingerprint density at radius 2 is 2.00 bits per heavy atom. The van der Waals surface area contributed by atoms with Crippen LogP contribution in [0.3, 0.4) is 0 Å². The molecule has 0 aliphatic carbocycles. The van der Waals surface area contributed by atoms with Crippen molar-refractivity contribution in [1.82, 2.24) is 14.8 Å². The van der Waals surface area contributed by atoms with E-state index < -0.39 is 12.1 Å². The normalized spacial score (nSPS) is 20.8. The summed E-state index contributed by atoms with van der Waals surface area (Å²) in [6.07, 6.45) is 2.48. The molecule has 9 heteroatoms. The number of ether oxygens (including phenoxy) is 2. The van der Waals surface area contributed by atoms with Gasteiger partial charge in [0, 0.05) is 56.0 Å². The highest BCUT2D eigenvalue weighted by Crippen LogP contribution is 2.28. The largest absolute Gasteiger partial charge is 0.472 e. The molecule has 2 aromatic rings. The maximum atomic E-state index is 13.6. The van der Waals surface area contributed by atoms with Crippen LogP contribution in [0.4, 0.5) is 4.39 Å². The number of hydrogen-bond acceptors (Lipinski definition) is 6. The predicted octanol–water partition coefficient (Wildman–Crippen LogP) is 2.73. The molecule has 1 saturated heterocycles. The van der Waals surface area contributed by atoms with Crippen LogP contribution in [0.25, 0.3) is 0 Å². The fourth-order valence-electron chi connectivity index (χ4n) is 4.72. The number of aliphatic hydroxyl groups excluding tert-OH is 1. The van der Waals surface area contributed by atoms with Crippen LogP contribution in [0.2, 0.25) is 0 Å². The van der Waals surface area contributed by atoms with Gasteiger partial charge in [-0.3, -0.25) is 9.59 Å². The molecule has 8 nitrogen and oxygen atoms in total. The van der Waals surface area contributed by atoms with Gasteiger partial charge in [0.05, 0.1) is 19.2 Å². The van der Waals surface area contributed by atoms with Crippen LogP contribution >= 0.6 is 0 Å². The zero-order valence-corrected chi connectivity index (χ0v) is 22.0. The molecule has 0 bridgehead atoms. The van der Waals surface area contributed by atoms with Gasteiger partial charge in [-0.25, -0.2) is 9.37 Å². The second-order valence-electron chi connectivity index (χ2n) is 10.1. The van der Waals surface area contributed by atoms with Crippen LogP contribution in [0.5, 0.6) is 5.88 Å². The van der Waals surface area contributed by atoms with E-state index in [0.717, 1.165) is 0 Å². The molecule has 1 aromatic heterocycles. The third-order valence-electron chi connectivity index (χ3n) is 7.10. The highest BCUT2D eigenvalue weighted by molar-refractivity contribution is 5.97. The molecule has 0 saturated carbocycles. The number of halogens is 1. The van der Waals surface area contributed by atoms with Gasteiger partial charge in [-0.15, -0.1) is 0 Å². The molecule has 2 aliphatic rings. The van der Waals surface area contributed by atoms with Gasteiger partial charge in [-0.05, 0) is 44.0 Å². The van der Waals surface area contributed by atoms with Gasteiger partial charge in [0.15, 0.2) is 0 Å².